The second-order valence-electron chi connectivity index (χ2n) is 6.11. The molecule has 0 aliphatic carbocycles. The highest BCUT2D eigenvalue weighted by molar-refractivity contribution is 5.37. The second-order valence-corrected chi connectivity index (χ2v) is 6.11. The number of ether oxygens (including phenoxy) is 2. The van der Waals surface area contributed by atoms with E-state index in [2.05, 4.69) is 30.4 Å². The van der Waals surface area contributed by atoms with Crippen molar-refractivity contribution in [1.29, 1.82) is 0 Å². The van der Waals surface area contributed by atoms with Gasteiger partial charge in [0, 0.05) is 18.6 Å². The van der Waals surface area contributed by atoms with E-state index in [1.165, 1.54) is 17.5 Å². The van der Waals surface area contributed by atoms with Crippen LogP contribution in [0.5, 0.6) is 5.75 Å². The average molecular weight is 261 g/mol. The Hall–Kier alpha value is -1.06. The van der Waals surface area contributed by atoms with Gasteiger partial charge in [-0.05, 0) is 49.1 Å². The molecule has 0 saturated carbocycles. The van der Waals surface area contributed by atoms with Crippen molar-refractivity contribution in [3.63, 3.8) is 0 Å². The molecule has 1 aromatic carbocycles. The van der Waals surface area contributed by atoms with Gasteiger partial charge in [-0.25, -0.2) is 0 Å². The normalized spacial score (nSPS) is 26.8. The van der Waals surface area contributed by atoms with Crippen LogP contribution in [0.15, 0.2) is 18.2 Å². The Bertz CT molecular complexity index is 438. The van der Waals surface area contributed by atoms with Crippen LogP contribution in [0, 0.1) is 5.41 Å². The Labute approximate surface area is 115 Å². The Morgan fingerprint density at radius 3 is 3.16 bits per heavy atom. The lowest BCUT2D eigenvalue weighted by Crippen LogP contribution is -2.34. The highest BCUT2D eigenvalue weighted by Crippen LogP contribution is 2.29. The summed E-state index contributed by atoms with van der Waals surface area (Å²) >= 11 is 0. The largest absolute Gasteiger partial charge is 0.493 e. The molecule has 0 radical (unpaired) electrons. The molecule has 3 rings (SSSR count). The summed E-state index contributed by atoms with van der Waals surface area (Å²) in [5.41, 5.74) is 3.01. The van der Waals surface area contributed by atoms with Gasteiger partial charge in [0.15, 0.2) is 0 Å². The van der Waals surface area contributed by atoms with Gasteiger partial charge >= 0.3 is 0 Å². The van der Waals surface area contributed by atoms with Crippen LogP contribution in [0.4, 0.5) is 0 Å². The molecule has 2 aliphatic rings. The molecule has 3 nitrogen and oxygen atoms in total. The monoisotopic (exact) mass is 261 g/mol. The SMILES string of the molecule is CC1(COc2ccc3c(c2)CNCC3)CCCOC1. The van der Waals surface area contributed by atoms with Crippen molar-refractivity contribution >= 4 is 0 Å². The van der Waals surface area contributed by atoms with Crippen molar-refractivity contribution in [3.8, 4) is 5.75 Å². The molecule has 0 bridgehead atoms. The minimum absolute atomic E-state index is 0.173. The zero-order chi connectivity index (χ0) is 13.1. The molecule has 0 spiro atoms. The van der Waals surface area contributed by atoms with E-state index in [0.717, 1.165) is 51.5 Å². The summed E-state index contributed by atoms with van der Waals surface area (Å²) in [5, 5.41) is 3.41. The van der Waals surface area contributed by atoms with Gasteiger partial charge < -0.3 is 14.8 Å². The number of rotatable bonds is 3. The first-order chi connectivity index (χ1) is 9.25. The maximum atomic E-state index is 6.01. The molecule has 19 heavy (non-hydrogen) atoms. The molecule has 1 unspecified atom stereocenters. The van der Waals surface area contributed by atoms with E-state index in [4.69, 9.17) is 9.47 Å². The van der Waals surface area contributed by atoms with E-state index in [9.17, 15) is 0 Å². The number of hydrogen-bond donors (Lipinski definition) is 1. The number of hydrogen-bond acceptors (Lipinski definition) is 3. The smallest absolute Gasteiger partial charge is 0.119 e. The van der Waals surface area contributed by atoms with Gasteiger partial charge in [-0.3, -0.25) is 0 Å². The predicted octanol–water partition coefficient (Wildman–Crippen LogP) is 2.53. The lowest BCUT2D eigenvalue weighted by atomic mass is 9.86. The molecule has 0 amide bonds. The summed E-state index contributed by atoms with van der Waals surface area (Å²) in [4.78, 5) is 0. The minimum atomic E-state index is 0.173. The summed E-state index contributed by atoms with van der Waals surface area (Å²) in [6, 6.07) is 6.51. The van der Waals surface area contributed by atoms with Crippen molar-refractivity contribution in [2.24, 2.45) is 5.41 Å². The zero-order valence-electron chi connectivity index (χ0n) is 11.7. The molecule has 2 aliphatic heterocycles. The first-order valence-electron chi connectivity index (χ1n) is 7.28. The van der Waals surface area contributed by atoms with E-state index in [0.29, 0.717) is 0 Å². The van der Waals surface area contributed by atoms with Gasteiger partial charge in [-0.1, -0.05) is 13.0 Å². The highest BCUT2D eigenvalue weighted by Gasteiger charge is 2.28. The first-order valence-corrected chi connectivity index (χ1v) is 7.28. The molecule has 1 saturated heterocycles. The van der Waals surface area contributed by atoms with Gasteiger partial charge in [0.25, 0.3) is 0 Å². The van der Waals surface area contributed by atoms with E-state index >= 15 is 0 Å². The van der Waals surface area contributed by atoms with Crippen LogP contribution in [0.1, 0.15) is 30.9 Å². The maximum absolute atomic E-state index is 6.01. The molecule has 3 heteroatoms. The van der Waals surface area contributed by atoms with E-state index in [1.807, 2.05) is 0 Å². The predicted molar refractivity (Wildman–Crippen MR) is 75.5 cm³/mol. The molecule has 2 heterocycles. The van der Waals surface area contributed by atoms with E-state index in [-0.39, 0.29) is 5.41 Å². The summed E-state index contributed by atoms with van der Waals surface area (Å²) in [5.74, 6) is 0.995. The van der Waals surface area contributed by atoms with Crippen LogP contribution in [-0.2, 0) is 17.7 Å². The Morgan fingerprint density at radius 1 is 1.37 bits per heavy atom. The summed E-state index contributed by atoms with van der Waals surface area (Å²) < 4.78 is 11.6. The number of nitrogens with one attached hydrogen (secondary N) is 1. The Balaban J connectivity index is 1.63. The topological polar surface area (TPSA) is 30.5 Å². The van der Waals surface area contributed by atoms with Crippen LogP contribution in [0.3, 0.4) is 0 Å². The fourth-order valence-electron chi connectivity index (χ4n) is 2.91. The molecular weight excluding hydrogens is 238 g/mol. The first kappa shape index (κ1) is 12.9. The minimum Gasteiger partial charge on any atom is -0.493 e. The van der Waals surface area contributed by atoms with Crippen molar-refractivity contribution in [2.75, 3.05) is 26.4 Å². The van der Waals surface area contributed by atoms with Gasteiger partial charge in [0.1, 0.15) is 5.75 Å². The van der Waals surface area contributed by atoms with Gasteiger partial charge in [0.05, 0.1) is 13.2 Å². The van der Waals surface area contributed by atoms with Gasteiger partial charge in [-0.15, -0.1) is 0 Å². The molecule has 104 valence electrons. The van der Waals surface area contributed by atoms with Crippen LogP contribution in [0.2, 0.25) is 0 Å². The van der Waals surface area contributed by atoms with Crippen LogP contribution in [0.25, 0.3) is 0 Å². The van der Waals surface area contributed by atoms with E-state index in [1.54, 1.807) is 0 Å². The molecule has 1 N–H and O–H groups in total. The molecule has 0 aromatic heterocycles. The van der Waals surface area contributed by atoms with Crippen molar-refractivity contribution in [3.05, 3.63) is 29.3 Å². The number of fused-ring (bicyclic) bond motifs is 1. The molecule has 1 atom stereocenters. The summed E-state index contributed by atoms with van der Waals surface area (Å²) in [7, 11) is 0. The lowest BCUT2D eigenvalue weighted by Gasteiger charge is -2.33. The fraction of sp³-hybridized carbons (Fsp3) is 0.625. The second kappa shape index (κ2) is 5.51. The maximum Gasteiger partial charge on any atom is 0.119 e. The Morgan fingerprint density at radius 2 is 2.32 bits per heavy atom. The fourth-order valence-corrected chi connectivity index (χ4v) is 2.91. The van der Waals surface area contributed by atoms with Crippen LogP contribution < -0.4 is 10.1 Å². The molecule has 1 aromatic rings. The third-order valence-corrected chi connectivity index (χ3v) is 4.17. The van der Waals surface area contributed by atoms with E-state index < -0.39 is 0 Å². The third kappa shape index (κ3) is 3.10. The van der Waals surface area contributed by atoms with Gasteiger partial charge in [0.2, 0.25) is 0 Å². The molecule has 1 fully saturated rings. The van der Waals surface area contributed by atoms with Crippen molar-refractivity contribution in [1.82, 2.24) is 5.32 Å². The van der Waals surface area contributed by atoms with Crippen molar-refractivity contribution in [2.45, 2.75) is 32.7 Å². The highest BCUT2D eigenvalue weighted by atomic mass is 16.5. The lowest BCUT2D eigenvalue weighted by molar-refractivity contribution is -0.0215. The summed E-state index contributed by atoms with van der Waals surface area (Å²) in [6.45, 7) is 6.78. The van der Waals surface area contributed by atoms with Crippen LogP contribution in [-0.4, -0.2) is 26.4 Å². The average Bonchev–Trinajstić information content (AvgIpc) is 2.46. The Kier molecular flexibility index (Phi) is 3.76. The quantitative estimate of drug-likeness (QED) is 0.907. The number of benzene rings is 1. The zero-order valence-corrected chi connectivity index (χ0v) is 11.7. The van der Waals surface area contributed by atoms with Gasteiger partial charge in [-0.2, -0.15) is 0 Å². The molecular formula is C16H23NO2. The summed E-state index contributed by atoms with van der Waals surface area (Å²) in [6.07, 6.45) is 3.47. The van der Waals surface area contributed by atoms with Crippen LogP contribution >= 0.6 is 0 Å². The standard InChI is InChI=1S/C16H23NO2/c1-16(6-2-8-18-11-16)12-19-15-4-3-13-5-7-17-10-14(13)9-15/h3-4,9,17H,2,5-8,10-12H2,1H3. The van der Waals surface area contributed by atoms with Crippen molar-refractivity contribution < 1.29 is 9.47 Å². The third-order valence-electron chi connectivity index (χ3n) is 4.17.